The van der Waals surface area contributed by atoms with E-state index in [0.29, 0.717) is 22.7 Å². The predicted molar refractivity (Wildman–Crippen MR) is 86.9 cm³/mol. The fraction of sp³-hybridized carbons (Fsp3) is 0.250. The van der Waals surface area contributed by atoms with Gasteiger partial charge >= 0.3 is 5.97 Å². The van der Waals surface area contributed by atoms with Crippen LogP contribution in [0.4, 0.5) is 5.69 Å². The van der Waals surface area contributed by atoms with E-state index in [2.05, 4.69) is 4.98 Å². The second kappa shape index (κ2) is 5.79. The predicted octanol–water partition coefficient (Wildman–Crippen LogP) is 1.78. The van der Waals surface area contributed by atoms with Gasteiger partial charge in [-0.2, -0.15) is 0 Å². The van der Waals surface area contributed by atoms with Gasteiger partial charge in [-0.25, -0.2) is 13.4 Å². The minimum atomic E-state index is -3.92. The van der Waals surface area contributed by atoms with E-state index in [4.69, 9.17) is 4.74 Å². The summed E-state index contributed by atoms with van der Waals surface area (Å²) in [6.45, 7) is 1.51. The quantitative estimate of drug-likeness (QED) is 0.904. The molecule has 126 valence electrons. The topological polar surface area (TPSA) is 96.8 Å². The number of nitrogens with zero attached hydrogens (tertiary/aromatic N) is 2. The van der Waals surface area contributed by atoms with Gasteiger partial charge in [-0.05, 0) is 24.1 Å². The van der Waals surface area contributed by atoms with Crippen LogP contribution >= 0.6 is 0 Å². The molecule has 0 aliphatic carbocycles. The zero-order valence-corrected chi connectivity index (χ0v) is 13.9. The minimum absolute atomic E-state index is 0.0316. The summed E-state index contributed by atoms with van der Waals surface area (Å²) in [5.41, 5.74) is 1.37. The molecule has 0 saturated heterocycles. The highest BCUT2D eigenvalue weighted by Crippen LogP contribution is 2.40. The van der Waals surface area contributed by atoms with Gasteiger partial charge in [0.15, 0.2) is 0 Å². The molecule has 0 amide bonds. The van der Waals surface area contributed by atoms with E-state index in [1.165, 1.54) is 19.4 Å². The van der Waals surface area contributed by atoms with Crippen LogP contribution in [0.15, 0.2) is 41.4 Å². The van der Waals surface area contributed by atoms with Crippen LogP contribution < -0.4 is 9.04 Å². The van der Waals surface area contributed by atoms with Crippen molar-refractivity contribution in [2.75, 3.05) is 18.0 Å². The Morgan fingerprint density at radius 1 is 1.38 bits per heavy atom. The second-order valence-electron chi connectivity index (χ2n) is 5.48. The molecule has 0 bridgehead atoms. The number of carboxylic acids is 1. The Morgan fingerprint density at radius 3 is 2.71 bits per heavy atom. The van der Waals surface area contributed by atoms with Crippen molar-refractivity contribution < 1.29 is 23.1 Å². The maximum atomic E-state index is 13.0. The summed E-state index contributed by atoms with van der Waals surface area (Å²) >= 11 is 0. The molecule has 8 heteroatoms. The third kappa shape index (κ3) is 2.48. The van der Waals surface area contributed by atoms with Gasteiger partial charge in [-0.15, -0.1) is 0 Å². The van der Waals surface area contributed by atoms with Gasteiger partial charge in [0.2, 0.25) is 5.88 Å². The highest BCUT2D eigenvalue weighted by Gasteiger charge is 2.40. The summed E-state index contributed by atoms with van der Waals surface area (Å²) < 4.78 is 32.2. The lowest BCUT2D eigenvalue weighted by atomic mass is 10.0. The number of rotatable bonds is 4. The molecule has 1 aliphatic heterocycles. The largest absolute Gasteiger partial charge is 0.481 e. The van der Waals surface area contributed by atoms with E-state index in [0.717, 1.165) is 4.31 Å². The van der Waals surface area contributed by atoms with Crippen molar-refractivity contribution in [1.29, 1.82) is 0 Å². The lowest BCUT2D eigenvalue weighted by Gasteiger charge is -2.20. The van der Waals surface area contributed by atoms with Gasteiger partial charge < -0.3 is 9.84 Å². The Bertz CT molecular complexity index is 910. The summed E-state index contributed by atoms with van der Waals surface area (Å²) in [6, 6.07) is 8.17. The van der Waals surface area contributed by atoms with E-state index in [1.54, 1.807) is 31.2 Å². The zero-order chi connectivity index (χ0) is 17.5. The van der Waals surface area contributed by atoms with Gasteiger partial charge in [0.05, 0.1) is 25.5 Å². The number of fused-ring (bicyclic) bond motifs is 1. The number of aliphatic carboxylic acids is 1. The molecule has 1 atom stereocenters. The van der Waals surface area contributed by atoms with Gasteiger partial charge in [-0.1, -0.05) is 18.2 Å². The molecule has 1 N–H and O–H groups in total. The Hall–Kier alpha value is -2.61. The lowest BCUT2D eigenvalue weighted by molar-refractivity contribution is -0.138. The first kappa shape index (κ1) is 16.3. The lowest BCUT2D eigenvalue weighted by Crippen LogP contribution is -2.32. The number of hydrogen-bond acceptors (Lipinski definition) is 5. The van der Waals surface area contributed by atoms with Crippen LogP contribution in [0.2, 0.25) is 0 Å². The van der Waals surface area contributed by atoms with Crippen molar-refractivity contribution in [3.8, 4) is 5.88 Å². The molecular weight excluding hydrogens is 332 g/mol. The fourth-order valence-electron chi connectivity index (χ4n) is 2.83. The molecule has 1 unspecified atom stereocenters. The van der Waals surface area contributed by atoms with Crippen LogP contribution in [0.5, 0.6) is 5.88 Å². The van der Waals surface area contributed by atoms with E-state index < -0.39 is 21.9 Å². The first-order chi connectivity index (χ1) is 11.4. The Morgan fingerprint density at radius 2 is 2.08 bits per heavy atom. The van der Waals surface area contributed by atoms with Crippen LogP contribution in [0.3, 0.4) is 0 Å². The maximum Gasteiger partial charge on any atom is 0.312 e. The van der Waals surface area contributed by atoms with E-state index in [9.17, 15) is 18.3 Å². The number of pyridine rings is 1. The van der Waals surface area contributed by atoms with Crippen molar-refractivity contribution in [2.24, 2.45) is 0 Å². The molecule has 0 saturated carbocycles. The number of benzene rings is 1. The summed E-state index contributed by atoms with van der Waals surface area (Å²) in [7, 11) is -2.47. The smallest absolute Gasteiger partial charge is 0.312 e. The number of aryl methyl sites for hydroxylation is 1. The molecule has 7 nitrogen and oxygen atoms in total. The highest BCUT2D eigenvalue weighted by molar-refractivity contribution is 7.93. The standard InChI is InChI=1S/C16H16N2O5S/c1-10-7-15(23-2)17-8-14(10)24(21,22)18-9-12(16(19)20)11-5-3-4-6-13(11)18/h3-8,12H,9H2,1-2H3,(H,19,20). The zero-order valence-electron chi connectivity index (χ0n) is 13.1. The first-order valence-corrected chi connectivity index (χ1v) is 8.65. The number of aromatic nitrogens is 1. The summed E-state index contributed by atoms with van der Waals surface area (Å²) in [5.74, 6) is -1.62. The number of sulfonamides is 1. The molecule has 24 heavy (non-hydrogen) atoms. The highest BCUT2D eigenvalue weighted by atomic mass is 32.2. The van der Waals surface area contributed by atoms with Crippen LogP contribution in [0, 0.1) is 6.92 Å². The number of anilines is 1. The Kier molecular flexibility index (Phi) is 3.92. The van der Waals surface area contributed by atoms with Crippen LogP contribution in [0.1, 0.15) is 17.0 Å². The monoisotopic (exact) mass is 348 g/mol. The van der Waals surface area contributed by atoms with Gasteiger partial charge in [0, 0.05) is 6.07 Å². The SMILES string of the molecule is COc1cc(C)c(S(=O)(=O)N2CC(C(=O)O)c3ccccc32)cn1. The van der Waals surface area contributed by atoms with Gasteiger partial charge in [0.1, 0.15) is 10.8 Å². The molecule has 1 aliphatic rings. The molecule has 1 aromatic carbocycles. The average molecular weight is 348 g/mol. The van der Waals surface area contributed by atoms with Crippen molar-refractivity contribution >= 4 is 21.7 Å². The minimum Gasteiger partial charge on any atom is -0.481 e. The van der Waals surface area contributed by atoms with Crippen LogP contribution in [-0.2, 0) is 14.8 Å². The normalized spacial score (nSPS) is 16.8. The van der Waals surface area contributed by atoms with Crippen molar-refractivity contribution in [1.82, 2.24) is 4.98 Å². The van der Waals surface area contributed by atoms with Crippen molar-refractivity contribution in [3.05, 3.63) is 47.7 Å². The number of carbonyl (C=O) groups is 1. The second-order valence-corrected chi connectivity index (χ2v) is 7.31. The fourth-order valence-corrected chi connectivity index (χ4v) is 4.49. The third-order valence-corrected chi connectivity index (χ3v) is 5.95. The Labute approximate surface area is 139 Å². The van der Waals surface area contributed by atoms with Crippen molar-refractivity contribution in [2.45, 2.75) is 17.7 Å². The molecule has 2 heterocycles. The number of methoxy groups -OCH3 is 1. The van der Waals surface area contributed by atoms with Crippen molar-refractivity contribution in [3.63, 3.8) is 0 Å². The van der Waals surface area contributed by atoms with E-state index in [1.807, 2.05) is 0 Å². The molecule has 0 radical (unpaired) electrons. The molecule has 2 aromatic rings. The summed E-state index contributed by atoms with van der Waals surface area (Å²) in [4.78, 5) is 15.5. The summed E-state index contributed by atoms with van der Waals surface area (Å²) in [6.07, 6.45) is 1.24. The molecule has 1 aromatic heterocycles. The van der Waals surface area contributed by atoms with Crippen LogP contribution in [0.25, 0.3) is 0 Å². The molecular formula is C16H16N2O5S. The Balaban J connectivity index is 2.10. The summed E-state index contributed by atoms with van der Waals surface area (Å²) in [5, 5.41) is 9.39. The van der Waals surface area contributed by atoms with Crippen LogP contribution in [-0.4, -0.2) is 38.1 Å². The molecule has 0 fully saturated rings. The maximum absolute atomic E-state index is 13.0. The number of para-hydroxylation sites is 1. The number of ether oxygens (including phenoxy) is 1. The number of carboxylic acid groups (broad SMARTS) is 1. The number of hydrogen-bond donors (Lipinski definition) is 1. The third-order valence-electron chi connectivity index (χ3n) is 4.04. The average Bonchev–Trinajstić information content (AvgIpc) is 2.95. The van der Waals surface area contributed by atoms with Gasteiger partial charge in [-0.3, -0.25) is 9.10 Å². The van der Waals surface area contributed by atoms with Gasteiger partial charge in [0.25, 0.3) is 10.0 Å². The first-order valence-electron chi connectivity index (χ1n) is 7.21. The molecule has 0 spiro atoms. The molecule has 3 rings (SSSR count). The van der Waals surface area contributed by atoms with E-state index >= 15 is 0 Å². The van der Waals surface area contributed by atoms with E-state index in [-0.39, 0.29) is 11.4 Å².